The van der Waals surface area contributed by atoms with E-state index in [4.69, 9.17) is 0 Å². The van der Waals surface area contributed by atoms with Crippen molar-refractivity contribution in [2.45, 2.75) is 25.6 Å². The molecule has 5 rings (SSSR count). The number of nitrogens with zero attached hydrogens (tertiary/aromatic N) is 5. The second kappa shape index (κ2) is 9.56. The van der Waals surface area contributed by atoms with Crippen LogP contribution in [0.5, 0.6) is 0 Å². The lowest BCUT2D eigenvalue weighted by Crippen LogP contribution is -2.43. The molecule has 1 amide bonds. The smallest absolute Gasteiger partial charge is 0.355 e. The lowest BCUT2D eigenvalue weighted by Gasteiger charge is -2.33. The third-order valence-electron chi connectivity index (χ3n) is 6.20. The molecule has 0 bridgehead atoms. The summed E-state index contributed by atoms with van der Waals surface area (Å²) in [7, 11) is 0. The van der Waals surface area contributed by atoms with E-state index in [2.05, 4.69) is 20.4 Å². The lowest BCUT2D eigenvalue weighted by atomic mass is 9.97. The number of anilines is 1. The Morgan fingerprint density at radius 1 is 1.11 bits per heavy atom. The highest BCUT2D eigenvalue weighted by Gasteiger charge is 2.31. The van der Waals surface area contributed by atoms with Gasteiger partial charge in [0.05, 0.1) is 22.6 Å². The van der Waals surface area contributed by atoms with E-state index in [9.17, 15) is 22.4 Å². The number of hydrogen-bond donors (Lipinski definition) is 1. The average molecular weight is 498 g/mol. The minimum absolute atomic E-state index is 0.0153. The van der Waals surface area contributed by atoms with Crippen molar-refractivity contribution in [3.05, 3.63) is 78.0 Å². The quantitative estimate of drug-likeness (QED) is 0.410. The van der Waals surface area contributed by atoms with E-state index in [1.54, 1.807) is 29.1 Å². The number of hydrogen-bond acceptors (Lipinski definition) is 5. The summed E-state index contributed by atoms with van der Waals surface area (Å²) in [5.41, 5.74) is 0.787. The number of amides is 1. The zero-order chi connectivity index (χ0) is 25.3. The maximum Gasteiger partial charge on any atom is 0.416 e. The maximum atomic E-state index is 13.3. The topological polar surface area (TPSA) is 75.9 Å². The summed E-state index contributed by atoms with van der Waals surface area (Å²) in [5.74, 6) is -0.267. The number of piperidine rings is 1. The molecule has 4 aromatic rings. The van der Waals surface area contributed by atoms with Gasteiger partial charge in [0, 0.05) is 25.8 Å². The monoisotopic (exact) mass is 498 g/mol. The van der Waals surface area contributed by atoms with Crippen LogP contribution in [0.3, 0.4) is 0 Å². The molecule has 2 aromatic heterocycles. The van der Waals surface area contributed by atoms with Crippen molar-refractivity contribution in [1.29, 1.82) is 0 Å². The van der Waals surface area contributed by atoms with Crippen molar-refractivity contribution in [3.8, 4) is 5.69 Å². The number of carbonyl (C=O) groups is 1. The molecule has 0 radical (unpaired) electrons. The highest BCUT2D eigenvalue weighted by atomic mass is 19.4. The van der Waals surface area contributed by atoms with Crippen molar-refractivity contribution in [1.82, 2.24) is 25.1 Å². The summed E-state index contributed by atoms with van der Waals surface area (Å²) in [5, 5.41) is 7.94. The largest absolute Gasteiger partial charge is 0.416 e. The fourth-order valence-electron chi connectivity index (χ4n) is 4.38. The van der Waals surface area contributed by atoms with Gasteiger partial charge in [0.25, 0.3) is 0 Å². The molecule has 1 aliphatic rings. The summed E-state index contributed by atoms with van der Waals surface area (Å²) >= 11 is 0. The van der Waals surface area contributed by atoms with Crippen molar-refractivity contribution < 1.29 is 22.4 Å². The number of carbonyl (C=O) groups excluding carboxylic acids is 1. The maximum absolute atomic E-state index is 13.3. The molecule has 1 aliphatic heterocycles. The minimum Gasteiger partial charge on any atom is -0.355 e. The Morgan fingerprint density at radius 2 is 1.92 bits per heavy atom. The van der Waals surface area contributed by atoms with Gasteiger partial charge in [-0.2, -0.15) is 13.2 Å². The van der Waals surface area contributed by atoms with Gasteiger partial charge in [-0.05, 0) is 54.8 Å². The SMILES string of the molecule is O=C(NCc1cccc(C(F)(F)F)c1)[C@H]1CCCN(c2ncnc3nn(-c4ccc(F)cc4)cc23)C1. The van der Waals surface area contributed by atoms with Gasteiger partial charge in [-0.25, -0.2) is 19.0 Å². The average Bonchev–Trinajstić information content (AvgIpc) is 3.32. The molecular weight excluding hydrogens is 476 g/mol. The van der Waals surface area contributed by atoms with Gasteiger partial charge in [-0.3, -0.25) is 4.79 Å². The van der Waals surface area contributed by atoms with Gasteiger partial charge in [0.15, 0.2) is 5.65 Å². The van der Waals surface area contributed by atoms with E-state index in [1.807, 2.05) is 4.90 Å². The fraction of sp³-hybridized carbons (Fsp3) is 0.280. The van der Waals surface area contributed by atoms with Crippen molar-refractivity contribution in [2.24, 2.45) is 5.92 Å². The first-order valence-electron chi connectivity index (χ1n) is 11.4. The van der Waals surface area contributed by atoms with E-state index in [0.717, 1.165) is 18.6 Å². The van der Waals surface area contributed by atoms with Crippen LogP contribution in [0.25, 0.3) is 16.7 Å². The van der Waals surface area contributed by atoms with Crippen LogP contribution in [0.1, 0.15) is 24.0 Å². The van der Waals surface area contributed by atoms with Gasteiger partial charge < -0.3 is 10.2 Å². The predicted molar refractivity (Wildman–Crippen MR) is 125 cm³/mol. The summed E-state index contributed by atoms with van der Waals surface area (Å²) < 4.78 is 53.8. The molecule has 0 aliphatic carbocycles. The van der Waals surface area contributed by atoms with E-state index in [0.29, 0.717) is 47.6 Å². The molecule has 1 N–H and O–H groups in total. The molecule has 0 unspecified atom stereocenters. The summed E-state index contributed by atoms with van der Waals surface area (Å²) in [6.45, 7) is 1.11. The van der Waals surface area contributed by atoms with Crippen LogP contribution in [0.4, 0.5) is 23.4 Å². The van der Waals surface area contributed by atoms with Crippen LogP contribution < -0.4 is 10.2 Å². The number of rotatable bonds is 5. The Bertz CT molecular complexity index is 1390. The number of benzene rings is 2. The number of aromatic nitrogens is 4. The van der Waals surface area contributed by atoms with Crippen LogP contribution in [0, 0.1) is 11.7 Å². The van der Waals surface area contributed by atoms with Crippen molar-refractivity contribution in [3.63, 3.8) is 0 Å². The molecule has 7 nitrogen and oxygen atoms in total. The molecule has 11 heteroatoms. The summed E-state index contributed by atoms with van der Waals surface area (Å²) in [4.78, 5) is 23.5. The minimum atomic E-state index is -4.43. The molecule has 1 fully saturated rings. The first-order chi connectivity index (χ1) is 17.3. The standard InChI is InChI=1S/C25H22F4N6O/c26-19-6-8-20(9-7-19)35-14-21-22(33-35)31-15-32-23(21)34-10-2-4-17(13-34)24(36)30-12-16-3-1-5-18(11-16)25(27,28)29/h1,3,5-9,11,14-15,17H,2,4,10,12-13H2,(H,30,36)/t17-/m0/s1. The Hall–Kier alpha value is -4.02. The van der Waals surface area contributed by atoms with E-state index >= 15 is 0 Å². The molecule has 1 saturated heterocycles. The Kier molecular flexibility index (Phi) is 6.29. The van der Waals surface area contributed by atoms with Crippen molar-refractivity contribution >= 4 is 22.8 Å². The first kappa shape index (κ1) is 23.7. The van der Waals surface area contributed by atoms with Crippen LogP contribution >= 0.6 is 0 Å². The first-order valence-corrected chi connectivity index (χ1v) is 11.4. The van der Waals surface area contributed by atoms with Crippen molar-refractivity contribution in [2.75, 3.05) is 18.0 Å². The molecule has 0 spiro atoms. The number of halogens is 4. The normalized spacial score (nSPS) is 16.3. The van der Waals surface area contributed by atoms with Crippen LogP contribution in [0.2, 0.25) is 0 Å². The highest BCUT2D eigenvalue weighted by molar-refractivity contribution is 5.87. The Labute approximate surface area is 203 Å². The third kappa shape index (κ3) is 5.00. The van der Waals surface area contributed by atoms with Crippen LogP contribution in [-0.4, -0.2) is 38.7 Å². The third-order valence-corrected chi connectivity index (χ3v) is 6.20. The lowest BCUT2D eigenvalue weighted by molar-refractivity contribution is -0.137. The molecule has 186 valence electrons. The van der Waals surface area contributed by atoms with Gasteiger partial charge in [0.2, 0.25) is 5.91 Å². The Balaban J connectivity index is 1.30. The molecule has 2 aromatic carbocycles. The predicted octanol–water partition coefficient (Wildman–Crippen LogP) is 4.51. The second-order valence-corrected chi connectivity index (χ2v) is 8.69. The zero-order valence-corrected chi connectivity index (χ0v) is 19.0. The molecule has 36 heavy (non-hydrogen) atoms. The van der Waals surface area contributed by atoms with Gasteiger partial charge in [0.1, 0.15) is 18.0 Å². The summed E-state index contributed by atoms with van der Waals surface area (Å²) in [6.07, 6.45) is 0.163. The Morgan fingerprint density at radius 3 is 2.69 bits per heavy atom. The zero-order valence-electron chi connectivity index (χ0n) is 19.0. The number of fused-ring (bicyclic) bond motifs is 1. The molecule has 3 heterocycles. The van der Waals surface area contributed by atoms with E-state index in [1.165, 1.54) is 24.5 Å². The highest BCUT2D eigenvalue weighted by Crippen LogP contribution is 2.30. The van der Waals surface area contributed by atoms with E-state index in [-0.39, 0.29) is 24.2 Å². The van der Waals surface area contributed by atoms with Gasteiger partial charge >= 0.3 is 6.18 Å². The number of nitrogens with one attached hydrogen (secondary N) is 1. The summed E-state index contributed by atoms with van der Waals surface area (Å²) in [6, 6.07) is 10.9. The second-order valence-electron chi connectivity index (χ2n) is 8.69. The van der Waals surface area contributed by atoms with Gasteiger partial charge in [-0.15, -0.1) is 5.10 Å². The molecular formula is C25H22F4N6O. The number of alkyl halides is 3. The van der Waals surface area contributed by atoms with Crippen LogP contribution in [-0.2, 0) is 17.5 Å². The fourth-order valence-corrected chi connectivity index (χ4v) is 4.38. The van der Waals surface area contributed by atoms with E-state index < -0.39 is 11.7 Å². The molecule has 1 atom stereocenters. The van der Waals surface area contributed by atoms with Gasteiger partial charge in [-0.1, -0.05) is 12.1 Å². The van der Waals surface area contributed by atoms with Crippen LogP contribution in [0.15, 0.2) is 61.1 Å². The molecule has 0 saturated carbocycles.